The third-order valence-corrected chi connectivity index (χ3v) is 4.45. The van der Waals surface area contributed by atoms with E-state index in [1.807, 2.05) is 17.7 Å². The molecule has 24 heavy (non-hydrogen) atoms. The number of nitriles is 1. The third kappa shape index (κ3) is 7.16. The molecule has 0 amide bonds. The number of hydrogen-bond acceptors (Lipinski definition) is 2. The van der Waals surface area contributed by atoms with E-state index >= 15 is 0 Å². The van der Waals surface area contributed by atoms with Gasteiger partial charge in [-0.1, -0.05) is 58.3 Å². The highest BCUT2D eigenvalue weighted by molar-refractivity contribution is 5.64. The normalized spacial score (nSPS) is 12.0. The molecule has 1 rings (SSSR count). The van der Waals surface area contributed by atoms with Gasteiger partial charge in [-0.2, -0.15) is 5.26 Å². The van der Waals surface area contributed by atoms with Crippen LogP contribution in [-0.2, 0) is 17.8 Å². The molecular formula is C19H32N3O2+. The second-order valence-corrected chi connectivity index (χ2v) is 6.53. The first kappa shape index (κ1) is 20.2. The molecule has 134 valence electrons. The Hall–Kier alpha value is -1.83. The van der Waals surface area contributed by atoms with Crippen LogP contribution in [-0.4, -0.2) is 15.6 Å². The SMILES string of the molecule is CCCCCCCCCCCc1n(C(C)C#N)cc[n+]1CC(=O)O. The molecule has 0 saturated carbocycles. The molecule has 0 spiro atoms. The zero-order valence-corrected chi connectivity index (χ0v) is 15.2. The van der Waals surface area contributed by atoms with Gasteiger partial charge in [-0.15, -0.1) is 0 Å². The van der Waals surface area contributed by atoms with Gasteiger partial charge < -0.3 is 5.11 Å². The van der Waals surface area contributed by atoms with Crippen molar-refractivity contribution < 1.29 is 14.5 Å². The summed E-state index contributed by atoms with van der Waals surface area (Å²) in [6.45, 7) is 4.03. The number of hydrogen-bond donors (Lipinski definition) is 1. The van der Waals surface area contributed by atoms with Gasteiger partial charge in [0.2, 0.25) is 0 Å². The summed E-state index contributed by atoms with van der Waals surface area (Å²) in [4.78, 5) is 11.0. The van der Waals surface area contributed by atoms with E-state index in [4.69, 9.17) is 10.4 Å². The molecule has 0 aromatic carbocycles. The van der Waals surface area contributed by atoms with Crippen molar-refractivity contribution in [2.45, 2.75) is 90.6 Å². The summed E-state index contributed by atoms with van der Waals surface area (Å²) in [5.74, 6) is 0.0880. The summed E-state index contributed by atoms with van der Waals surface area (Å²) in [6.07, 6.45) is 15.8. The Labute approximate surface area is 145 Å². The van der Waals surface area contributed by atoms with E-state index in [2.05, 4.69) is 13.0 Å². The molecule has 5 heteroatoms. The van der Waals surface area contributed by atoms with Crippen LogP contribution in [0.4, 0.5) is 0 Å². The smallest absolute Gasteiger partial charge is 0.346 e. The minimum Gasteiger partial charge on any atom is -0.478 e. The summed E-state index contributed by atoms with van der Waals surface area (Å²) in [5.41, 5.74) is 0. The maximum atomic E-state index is 11.0. The Morgan fingerprint density at radius 3 is 2.33 bits per heavy atom. The van der Waals surface area contributed by atoms with Gasteiger partial charge >= 0.3 is 5.97 Å². The molecule has 1 unspecified atom stereocenters. The van der Waals surface area contributed by atoms with Crippen molar-refractivity contribution in [1.82, 2.24) is 4.57 Å². The van der Waals surface area contributed by atoms with Gasteiger partial charge in [-0.3, -0.25) is 0 Å². The zero-order valence-electron chi connectivity index (χ0n) is 15.2. The largest absolute Gasteiger partial charge is 0.478 e. The molecule has 0 aliphatic heterocycles. The summed E-state index contributed by atoms with van der Waals surface area (Å²) in [7, 11) is 0. The quantitative estimate of drug-likeness (QED) is 0.437. The van der Waals surface area contributed by atoms with Gasteiger partial charge in [0.25, 0.3) is 5.82 Å². The summed E-state index contributed by atoms with van der Waals surface area (Å²) < 4.78 is 3.65. The van der Waals surface area contributed by atoms with E-state index in [9.17, 15) is 4.79 Å². The molecule has 5 nitrogen and oxygen atoms in total. The molecule has 1 aromatic rings. The number of carboxylic acids is 1. The molecule has 1 heterocycles. The predicted octanol–water partition coefficient (Wildman–Crippen LogP) is 4.02. The lowest BCUT2D eigenvalue weighted by molar-refractivity contribution is -0.693. The van der Waals surface area contributed by atoms with Crippen molar-refractivity contribution in [2.24, 2.45) is 0 Å². The second-order valence-electron chi connectivity index (χ2n) is 6.53. The van der Waals surface area contributed by atoms with Crippen LogP contribution in [0.1, 0.15) is 83.5 Å². The van der Waals surface area contributed by atoms with Crippen molar-refractivity contribution in [3.8, 4) is 6.07 Å². The minimum absolute atomic E-state index is 0.0437. The van der Waals surface area contributed by atoms with Crippen molar-refractivity contribution >= 4 is 5.97 Å². The lowest BCUT2D eigenvalue weighted by Gasteiger charge is -2.06. The van der Waals surface area contributed by atoms with Crippen LogP contribution in [0.15, 0.2) is 12.4 Å². The van der Waals surface area contributed by atoms with Crippen LogP contribution in [0.5, 0.6) is 0 Å². The van der Waals surface area contributed by atoms with Gasteiger partial charge in [0, 0.05) is 6.42 Å². The fourth-order valence-corrected chi connectivity index (χ4v) is 3.04. The molecule has 0 aliphatic rings. The number of aromatic nitrogens is 2. The van der Waals surface area contributed by atoms with Crippen molar-refractivity contribution in [1.29, 1.82) is 5.26 Å². The van der Waals surface area contributed by atoms with Gasteiger partial charge in [-0.05, 0) is 13.3 Å². The van der Waals surface area contributed by atoms with Gasteiger partial charge in [0.15, 0.2) is 12.6 Å². The number of nitrogens with zero attached hydrogens (tertiary/aromatic N) is 3. The molecule has 0 fully saturated rings. The number of rotatable bonds is 13. The Kier molecular flexibility index (Phi) is 9.83. The van der Waals surface area contributed by atoms with Crippen LogP contribution in [0.3, 0.4) is 0 Å². The Balaban J connectivity index is 2.41. The van der Waals surface area contributed by atoms with Crippen LogP contribution in [0.25, 0.3) is 0 Å². The lowest BCUT2D eigenvalue weighted by Crippen LogP contribution is -2.41. The van der Waals surface area contributed by atoms with E-state index in [0.717, 1.165) is 25.1 Å². The molecule has 0 bridgehead atoms. The topological polar surface area (TPSA) is 69.9 Å². The molecule has 1 aromatic heterocycles. The first-order chi connectivity index (χ1) is 11.6. The van der Waals surface area contributed by atoms with Gasteiger partial charge in [0.1, 0.15) is 18.5 Å². The minimum atomic E-state index is -0.851. The first-order valence-electron chi connectivity index (χ1n) is 9.30. The molecule has 0 radical (unpaired) electrons. The van der Waals surface area contributed by atoms with E-state index in [1.165, 1.54) is 44.9 Å². The van der Waals surface area contributed by atoms with E-state index in [0.29, 0.717) is 0 Å². The third-order valence-electron chi connectivity index (χ3n) is 4.45. The molecule has 0 aliphatic carbocycles. The number of imidazole rings is 1. The number of carbonyl (C=O) groups is 1. The van der Waals surface area contributed by atoms with Crippen LogP contribution >= 0.6 is 0 Å². The molecule has 1 N–H and O–H groups in total. The fraction of sp³-hybridized carbons (Fsp3) is 0.737. The van der Waals surface area contributed by atoms with E-state index < -0.39 is 5.97 Å². The van der Waals surface area contributed by atoms with Crippen molar-refractivity contribution in [2.75, 3.05) is 0 Å². The Morgan fingerprint density at radius 2 is 1.79 bits per heavy atom. The molecular weight excluding hydrogens is 302 g/mol. The summed E-state index contributed by atoms with van der Waals surface area (Å²) >= 11 is 0. The van der Waals surface area contributed by atoms with E-state index in [1.54, 1.807) is 10.8 Å². The summed E-state index contributed by atoms with van der Waals surface area (Å²) in [5, 5.41) is 18.2. The highest BCUT2D eigenvalue weighted by Crippen LogP contribution is 2.13. The first-order valence-corrected chi connectivity index (χ1v) is 9.30. The van der Waals surface area contributed by atoms with Gasteiger partial charge in [-0.25, -0.2) is 13.9 Å². The average molecular weight is 334 g/mol. The molecule has 0 saturated heterocycles. The second kappa shape index (κ2) is 11.7. The van der Waals surface area contributed by atoms with Crippen LogP contribution < -0.4 is 4.57 Å². The number of carboxylic acid groups (broad SMARTS) is 1. The standard InChI is InChI=1S/C19H31N3O2/c1-3-4-5-6-7-8-9-10-11-12-18-21(16-19(23)24)13-14-22(18)17(2)15-20/h13-14,17H,3-12,16H2,1-2H3/p+1. The summed E-state index contributed by atoms with van der Waals surface area (Å²) in [6, 6.07) is 1.96. The highest BCUT2D eigenvalue weighted by Gasteiger charge is 2.22. The highest BCUT2D eigenvalue weighted by atomic mass is 16.4. The molecule has 1 atom stereocenters. The Morgan fingerprint density at radius 1 is 1.21 bits per heavy atom. The lowest BCUT2D eigenvalue weighted by atomic mass is 10.1. The number of aliphatic carboxylic acids is 1. The van der Waals surface area contributed by atoms with Crippen molar-refractivity contribution in [3.63, 3.8) is 0 Å². The zero-order chi connectivity index (χ0) is 17.8. The number of unbranched alkanes of at least 4 members (excludes halogenated alkanes) is 8. The Bertz CT molecular complexity index is 531. The van der Waals surface area contributed by atoms with Crippen LogP contribution in [0, 0.1) is 11.3 Å². The maximum absolute atomic E-state index is 11.0. The van der Waals surface area contributed by atoms with E-state index in [-0.39, 0.29) is 12.6 Å². The fourth-order valence-electron chi connectivity index (χ4n) is 3.04. The van der Waals surface area contributed by atoms with Gasteiger partial charge in [0.05, 0.1) is 0 Å². The van der Waals surface area contributed by atoms with Crippen molar-refractivity contribution in [3.05, 3.63) is 18.2 Å². The maximum Gasteiger partial charge on any atom is 0.346 e. The predicted molar refractivity (Wildman–Crippen MR) is 93.5 cm³/mol. The average Bonchev–Trinajstić information content (AvgIpc) is 2.94. The monoisotopic (exact) mass is 334 g/mol. The van der Waals surface area contributed by atoms with Crippen LogP contribution in [0.2, 0.25) is 0 Å².